The molecule has 1 amide bonds. The Morgan fingerprint density at radius 2 is 2.00 bits per heavy atom. The summed E-state index contributed by atoms with van der Waals surface area (Å²) in [6.07, 6.45) is 1.62. The highest BCUT2D eigenvalue weighted by molar-refractivity contribution is 5.97. The lowest BCUT2D eigenvalue weighted by Gasteiger charge is -2.21. The summed E-state index contributed by atoms with van der Waals surface area (Å²) in [5, 5.41) is 3.33. The predicted octanol–water partition coefficient (Wildman–Crippen LogP) is 2.56. The number of carbonyl (C=O) groups is 1. The number of ether oxygens (including phenoxy) is 1. The molecule has 0 saturated heterocycles. The molecule has 0 fully saturated rings. The van der Waals surface area contributed by atoms with Gasteiger partial charge < -0.3 is 14.6 Å². The monoisotopic (exact) mass is 302 g/mol. The van der Waals surface area contributed by atoms with Gasteiger partial charge >= 0.3 is 0 Å². The van der Waals surface area contributed by atoms with E-state index in [1.165, 1.54) is 0 Å². The van der Waals surface area contributed by atoms with Crippen molar-refractivity contribution in [2.75, 3.05) is 7.11 Å². The SMILES string of the molecule is CCn1cc(C(=O)NC(C)(C)C)c(=O)c2cc(OC)ccc21. The molecule has 0 aliphatic rings. The summed E-state index contributed by atoms with van der Waals surface area (Å²) < 4.78 is 7.08. The topological polar surface area (TPSA) is 60.3 Å². The number of nitrogens with one attached hydrogen (secondary N) is 1. The Kier molecular flexibility index (Phi) is 4.26. The molecule has 5 heteroatoms. The molecule has 0 atom stereocenters. The van der Waals surface area contributed by atoms with Crippen LogP contribution in [0.1, 0.15) is 38.1 Å². The Hall–Kier alpha value is -2.30. The molecule has 118 valence electrons. The minimum Gasteiger partial charge on any atom is -0.497 e. The Bertz CT molecular complexity index is 770. The summed E-state index contributed by atoms with van der Waals surface area (Å²) in [5.74, 6) is 0.241. The zero-order valence-electron chi connectivity index (χ0n) is 13.7. The fraction of sp³-hybridized carbons (Fsp3) is 0.412. The molecule has 5 nitrogen and oxygen atoms in total. The van der Waals surface area contributed by atoms with Gasteiger partial charge in [-0.3, -0.25) is 9.59 Å². The van der Waals surface area contributed by atoms with E-state index < -0.39 is 5.54 Å². The highest BCUT2D eigenvalue weighted by Crippen LogP contribution is 2.19. The number of hydrogen-bond acceptors (Lipinski definition) is 3. The molecular formula is C17H22N2O3. The molecule has 0 unspecified atom stereocenters. The normalized spacial score (nSPS) is 11.5. The molecule has 0 aliphatic heterocycles. The number of benzene rings is 1. The zero-order chi connectivity index (χ0) is 16.5. The lowest BCUT2D eigenvalue weighted by Crippen LogP contribution is -2.42. The van der Waals surface area contributed by atoms with Gasteiger partial charge in [0, 0.05) is 18.3 Å². The van der Waals surface area contributed by atoms with Crippen LogP contribution in [0.5, 0.6) is 5.75 Å². The Balaban J connectivity index is 2.68. The molecule has 1 heterocycles. The third kappa shape index (κ3) is 3.13. The van der Waals surface area contributed by atoms with E-state index in [1.54, 1.807) is 19.4 Å². The van der Waals surface area contributed by atoms with Crippen LogP contribution < -0.4 is 15.5 Å². The number of pyridine rings is 1. The molecular weight excluding hydrogens is 280 g/mol. The van der Waals surface area contributed by atoms with Crippen molar-refractivity contribution >= 4 is 16.8 Å². The van der Waals surface area contributed by atoms with Gasteiger partial charge in [0.25, 0.3) is 5.91 Å². The standard InChI is InChI=1S/C17H22N2O3/c1-6-19-10-13(16(21)18-17(2,3)4)15(20)12-9-11(22-5)7-8-14(12)19/h7-10H,6H2,1-5H3,(H,18,21). The average Bonchev–Trinajstić information content (AvgIpc) is 2.45. The van der Waals surface area contributed by atoms with Gasteiger partial charge in [-0.1, -0.05) is 0 Å². The van der Waals surface area contributed by atoms with Crippen LogP contribution in [0, 0.1) is 0 Å². The maximum Gasteiger partial charge on any atom is 0.257 e. The minimum absolute atomic E-state index is 0.150. The second-order valence-corrected chi connectivity index (χ2v) is 6.25. The van der Waals surface area contributed by atoms with E-state index in [9.17, 15) is 9.59 Å². The smallest absolute Gasteiger partial charge is 0.257 e. The molecule has 1 aromatic carbocycles. The maximum atomic E-state index is 12.7. The fourth-order valence-corrected chi connectivity index (χ4v) is 2.33. The second kappa shape index (κ2) is 5.83. The number of methoxy groups -OCH3 is 1. The molecule has 2 rings (SSSR count). The Labute approximate surface area is 129 Å². The number of rotatable bonds is 3. The van der Waals surface area contributed by atoms with Gasteiger partial charge in [-0.15, -0.1) is 0 Å². The van der Waals surface area contributed by atoms with Crippen molar-refractivity contribution in [1.82, 2.24) is 9.88 Å². The lowest BCUT2D eigenvalue weighted by molar-refractivity contribution is 0.0918. The van der Waals surface area contributed by atoms with Crippen molar-refractivity contribution in [3.63, 3.8) is 0 Å². The number of amides is 1. The molecule has 1 N–H and O–H groups in total. The third-order valence-electron chi connectivity index (χ3n) is 3.36. The fourth-order valence-electron chi connectivity index (χ4n) is 2.33. The summed E-state index contributed by atoms with van der Waals surface area (Å²) in [6, 6.07) is 5.32. The Morgan fingerprint density at radius 1 is 1.32 bits per heavy atom. The summed E-state index contributed by atoms with van der Waals surface area (Å²) in [7, 11) is 1.55. The van der Waals surface area contributed by atoms with Gasteiger partial charge in [-0.05, 0) is 45.9 Å². The van der Waals surface area contributed by atoms with Crippen LogP contribution in [0.3, 0.4) is 0 Å². The van der Waals surface area contributed by atoms with Crippen molar-refractivity contribution in [2.45, 2.75) is 39.8 Å². The summed E-state index contributed by atoms with van der Waals surface area (Å²) in [6.45, 7) is 8.28. The van der Waals surface area contributed by atoms with Gasteiger partial charge in [-0.2, -0.15) is 0 Å². The van der Waals surface area contributed by atoms with Crippen LogP contribution in [-0.4, -0.2) is 23.1 Å². The van der Waals surface area contributed by atoms with Crippen LogP contribution in [0.15, 0.2) is 29.2 Å². The number of fused-ring (bicyclic) bond motifs is 1. The molecule has 1 aromatic heterocycles. The average molecular weight is 302 g/mol. The number of carbonyl (C=O) groups excluding carboxylic acids is 1. The number of aromatic nitrogens is 1. The third-order valence-corrected chi connectivity index (χ3v) is 3.36. The van der Waals surface area contributed by atoms with Gasteiger partial charge in [0.15, 0.2) is 0 Å². The van der Waals surface area contributed by atoms with Crippen molar-refractivity contribution < 1.29 is 9.53 Å². The van der Waals surface area contributed by atoms with Crippen molar-refractivity contribution in [3.05, 3.63) is 40.2 Å². The predicted molar refractivity (Wildman–Crippen MR) is 87.7 cm³/mol. The minimum atomic E-state index is -0.399. The van der Waals surface area contributed by atoms with E-state index in [0.29, 0.717) is 17.7 Å². The summed E-state index contributed by atoms with van der Waals surface area (Å²) in [4.78, 5) is 25.1. The van der Waals surface area contributed by atoms with Crippen LogP contribution >= 0.6 is 0 Å². The molecule has 0 spiro atoms. The first kappa shape index (κ1) is 16.1. The van der Waals surface area contributed by atoms with E-state index in [2.05, 4.69) is 5.32 Å². The zero-order valence-corrected chi connectivity index (χ0v) is 13.7. The molecule has 22 heavy (non-hydrogen) atoms. The molecule has 0 saturated carbocycles. The largest absolute Gasteiger partial charge is 0.497 e. The maximum absolute atomic E-state index is 12.7. The first-order chi connectivity index (χ1) is 10.3. The first-order valence-corrected chi connectivity index (χ1v) is 7.30. The van der Waals surface area contributed by atoms with Gasteiger partial charge in [0.1, 0.15) is 11.3 Å². The van der Waals surface area contributed by atoms with Gasteiger partial charge in [0.05, 0.1) is 18.0 Å². The highest BCUT2D eigenvalue weighted by atomic mass is 16.5. The Morgan fingerprint density at radius 3 is 2.55 bits per heavy atom. The molecule has 0 radical (unpaired) electrons. The van der Waals surface area contributed by atoms with E-state index in [-0.39, 0.29) is 16.9 Å². The van der Waals surface area contributed by atoms with Gasteiger partial charge in [0.2, 0.25) is 5.43 Å². The van der Waals surface area contributed by atoms with E-state index in [0.717, 1.165) is 5.52 Å². The van der Waals surface area contributed by atoms with Crippen molar-refractivity contribution in [1.29, 1.82) is 0 Å². The molecule has 0 aliphatic carbocycles. The quantitative estimate of drug-likeness (QED) is 0.948. The highest BCUT2D eigenvalue weighted by Gasteiger charge is 2.20. The number of nitrogens with zero attached hydrogens (tertiary/aromatic N) is 1. The van der Waals surface area contributed by atoms with Gasteiger partial charge in [-0.25, -0.2) is 0 Å². The van der Waals surface area contributed by atoms with Crippen LogP contribution in [0.25, 0.3) is 10.9 Å². The number of aryl methyl sites for hydroxylation is 1. The lowest BCUT2D eigenvalue weighted by atomic mass is 10.1. The first-order valence-electron chi connectivity index (χ1n) is 7.30. The van der Waals surface area contributed by atoms with Crippen molar-refractivity contribution in [3.8, 4) is 5.75 Å². The molecule has 2 aromatic rings. The summed E-state index contributed by atoms with van der Waals surface area (Å²) >= 11 is 0. The van der Waals surface area contributed by atoms with E-state index >= 15 is 0 Å². The second-order valence-electron chi connectivity index (χ2n) is 6.25. The van der Waals surface area contributed by atoms with Crippen molar-refractivity contribution in [2.24, 2.45) is 0 Å². The van der Waals surface area contributed by atoms with Crippen LogP contribution in [0.2, 0.25) is 0 Å². The molecule has 0 bridgehead atoms. The van der Waals surface area contributed by atoms with E-state index in [4.69, 9.17) is 4.74 Å². The van der Waals surface area contributed by atoms with E-state index in [1.807, 2.05) is 44.4 Å². The number of hydrogen-bond donors (Lipinski definition) is 1. The summed E-state index contributed by atoms with van der Waals surface area (Å²) in [5.41, 5.74) is 0.266. The van der Waals surface area contributed by atoms with Crippen LogP contribution in [-0.2, 0) is 6.54 Å². The van der Waals surface area contributed by atoms with Crippen LogP contribution in [0.4, 0.5) is 0 Å².